The van der Waals surface area contributed by atoms with Gasteiger partial charge in [-0.1, -0.05) is 267 Å². The molecule has 81 heavy (non-hydrogen) atoms. The largest absolute Gasteiger partial charge is 0.462 e. The van der Waals surface area contributed by atoms with E-state index in [0.29, 0.717) is 19.3 Å². The summed E-state index contributed by atoms with van der Waals surface area (Å²) in [7, 11) is 0. The fourth-order valence-corrected chi connectivity index (χ4v) is 7.93. The van der Waals surface area contributed by atoms with Crippen LogP contribution in [0.2, 0.25) is 0 Å². The summed E-state index contributed by atoms with van der Waals surface area (Å²) in [5.41, 5.74) is 0. The highest BCUT2D eigenvalue weighted by Crippen LogP contribution is 2.13. The number of unbranched alkanes of at least 4 members (excludes halogenated alkanes) is 12. The second-order valence-electron chi connectivity index (χ2n) is 20.2. The van der Waals surface area contributed by atoms with E-state index in [1.165, 1.54) is 38.5 Å². The number of carbonyl (C=O) groups excluding carboxylic acids is 3. The summed E-state index contributed by atoms with van der Waals surface area (Å²) in [6.07, 6.45) is 102. The van der Waals surface area contributed by atoms with Gasteiger partial charge < -0.3 is 14.2 Å². The van der Waals surface area contributed by atoms with E-state index in [1.54, 1.807) is 0 Å². The summed E-state index contributed by atoms with van der Waals surface area (Å²) < 4.78 is 16.8. The Labute approximate surface area is 497 Å². The molecule has 6 heteroatoms. The van der Waals surface area contributed by atoms with Gasteiger partial charge in [0.05, 0.1) is 0 Å². The Morgan fingerprint density at radius 3 is 0.753 bits per heavy atom. The van der Waals surface area contributed by atoms with Gasteiger partial charge in [0.25, 0.3) is 0 Å². The highest BCUT2D eigenvalue weighted by Gasteiger charge is 2.19. The molecule has 0 bridgehead atoms. The van der Waals surface area contributed by atoms with Gasteiger partial charge in [-0.2, -0.15) is 0 Å². The zero-order valence-electron chi connectivity index (χ0n) is 51.5. The quantitative estimate of drug-likeness (QED) is 0.0261. The Hall–Kier alpha value is -5.75. The van der Waals surface area contributed by atoms with E-state index in [0.717, 1.165) is 154 Å². The van der Waals surface area contributed by atoms with Crippen molar-refractivity contribution in [1.82, 2.24) is 0 Å². The highest BCUT2D eigenvalue weighted by molar-refractivity contribution is 5.71. The first-order valence-electron chi connectivity index (χ1n) is 31.9. The van der Waals surface area contributed by atoms with Gasteiger partial charge in [0, 0.05) is 19.3 Å². The lowest BCUT2D eigenvalue weighted by Gasteiger charge is -2.18. The van der Waals surface area contributed by atoms with Crippen LogP contribution < -0.4 is 0 Å². The van der Waals surface area contributed by atoms with Crippen molar-refractivity contribution in [2.24, 2.45) is 0 Å². The third kappa shape index (κ3) is 64.9. The van der Waals surface area contributed by atoms with Crippen LogP contribution in [0.1, 0.15) is 239 Å². The van der Waals surface area contributed by atoms with E-state index in [9.17, 15) is 14.4 Å². The molecule has 0 aromatic heterocycles. The van der Waals surface area contributed by atoms with Gasteiger partial charge in [-0.15, -0.1) is 0 Å². The molecular formula is C75H114O6. The number of carbonyl (C=O) groups is 3. The number of esters is 3. The summed E-state index contributed by atoms with van der Waals surface area (Å²) in [5.74, 6) is -1.07. The molecule has 0 amide bonds. The minimum absolute atomic E-state index is 0.133. The van der Waals surface area contributed by atoms with E-state index in [4.69, 9.17) is 14.2 Å². The lowest BCUT2D eigenvalue weighted by Crippen LogP contribution is -2.30. The summed E-state index contributed by atoms with van der Waals surface area (Å²) in [6.45, 7) is 6.19. The van der Waals surface area contributed by atoms with Crippen LogP contribution in [0.3, 0.4) is 0 Å². The van der Waals surface area contributed by atoms with Gasteiger partial charge in [-0.25, -0.2) is 0 Å². The molecule has 0 aliphatic carbocycles. The van der Waals surface area contributed by atoms with E-state index in [1.807, 2.05) is 12.2 Å². The second-order valence-corrected chi connectivity index (χ2v) is 20.2. The van der Waals surface area contributed by atoms with Crippen molar-refractivity contribution in [2.45, 2.75) is 245 Å². The van der Waals surface area contributed by atoms with Gasteiger partial charge in [0.15, 0.2) is 6.10 Å². The average molecular weight is 1110 g/mol. The Morgan fingerprint density at radius 2 is 0.469 bits per heavy atom. The molecule has 6 nitrogen and oxygen atoms in total. The van der Waals surface area contributed by atoms with Gasteiger partial charge in [-0.3, -0.25) is 14.4 Å². The molecule has 0 saturated carbocycles. The second kappa shape index (κ2) is 66.8. The van der Waals surface area contributed by atoms with E-state index in [2.05, 4.69) is 203 Å². The predicted molar refractivity (Wildman–Crippen MR) is 352 cm³/mol. The summed E-state index contributed by atoms with van der Waals surface area (Å²) in [4.78, 5) is 38.3. The summed E-state index contributed by atoms with van der Waals surface area (Å²) in [5, 5.41) is 0. The van der Waals surface area contributed by atoms with Crippen molar-refractivity contribution in [3.05, 3.63) is 194 Å². The van der Waals surface area contributed by atoms with E-state index >= 15 is 0 Å². The first kappa shape index (κ1) is 75.2. The Kier molecular flexibility index (Phi) is 62.0. The molecule has 0 spiro atoms. The van der Waals surface area contributed by atoms with Crippen molar-refractivity contribution in [1.29, 1.82) is 0 Å². The first-order valence-corrected chi connectivity index (χ1v) is 31.9. The molecule has 0 heterocycles. The molecule has 0 aromatic rings. The maximum atomic E-state index is 12.9. The highest BCUT2D eigenvalue weighted by atomic mass is 16.6. The van der Waals surface area contributed by atoms with Crippen molar-refractivity contribution in [2.75, 3.05) is 13.2 Å². The van der Waals surface area contributed by atoms with Crippen LogP contribution in [0.15, 0.2) is 194 Å². The minimum Gasteiger partial charge on any atom is -0.462 e. The number of ether oxygens (including phenoxy) is 3. The average Bonchev–Trinajstić information content (AvgIpc) is 3.47. The molecular weight excluding hydrogens is 997 g/mol. The van der Waals surface area contributed by atoms with Gasteiger partial charge in [0.2, 0.25) is 0 Å². The predicted octanol–water partition coefficient (Wildman–Crippen LogP) is 22.2. The normalized spacial score (nSPS) is 13.5. The van der Waals surface area contributed by atoms with Crippen molar-refractivity contribution >= 4 is 17.9 Å². The summed E-state index contributed by atoms with van der Waals surface area (Å²) >= 11 is 0. The van der Waals surface area contributed by atoms with Crippen molar-refractivity contribution in [3.63, 3.8) is 0 Å². The topological polar surface area (TPSA) is 78.9 Å². The molecule has 0 aliphatic rings. The van der Waals surface area contributed by atoms with Crippen LogP contribution in [0.4, 0.5) is 0 Å². The van der Waals surface area contributed by atoms with Gasteiger partial charge >= 0.3 is 17.9 Å². The monoisotopic (exact) mass is 1110 g/mol. The van der Waals surface area contributed by atoms with Crippen LogP contribution in [0, 0.1) is 0 Å². The van der Waals surface area contributed by atoms with Crippen molar-refractivity contribution < 1.29 is 28.6 Å². The number of hydrogen-bond donors (Lipinski definition) is 0. The van der Waals surface area contributed by atoms with Crippen molar-refractivity contribution in [3.8, 4) is 0 Å². The zero-order valence-corrected chi connectivity index (χ0v) is 51.5. The molecule has 0 radical (unpaired) electrons. The van der Waals surface area contributed by atoms with Gasteiger partial charge in [-0.05, 0) is 148 Å². The van der Waals surface area contributed by atoms with Crippen LogP contribution in [0.5, 0.6) is 0 Å². The maximum absolute atomic E-state index is 12.9. The number of allylic oxidation sites excluding steroid dienone is 32. The SMILES string of the molecule is CC/C=C\C/C=C\C/C=C\C/C=C\C/C=C\C/C=C\CCC(=O)OC(COC(=O)CCCCC/C=C\C/C=C\C/C=C\C/C=C\C/C=C\CC)COC(=O)CCCCCCCCCCC/C=C\C/C=C\C/C=C\C/C=C\C/C=C\CC. The van der Waals surface area contributed by atoms with Crippen LogP contribution in [-0.4, -0.2) is 37.2 Å². The fraction of sp³-hybridized carbons (Fsp3) is 0.533. The number of hydrogen-bond acceptors (Lipinski definition) is 6. The lowest BCUT2D eigenvalue weighted by molar-refractivity contribution is -0.166. The molecule has 0 saturated heterocycles. The minimum atomic E-state index is -0.849. The zero-order chi connectivity index (χ0) is 58.5. The maximum Gasteiger partial charge on any atom is 0.306 e. The van der Waals surface area contributed by atoms with E-state index < -0.39 is 12.1 Å². The molecule has 0 N–H and O–H groups in total. The molecule has 1 unspecified atom stereocenters. The molecule has 0 aliphatic heterocycles. The Balaban J connectivity index is 4.57. The third-order valence-corrected chi connectivity index (χ3v) is 12.6. The van der Waals surface area contributed by atoms with Crippen LogP contribution in [-0.2, 0) is 28.6 Å². The van der Waals surface area contributed by atoms with Gasteiger partial charge in [0.1, 0.15) is 13.2 Å². The standard InChI is InChI=1S/C75H114O6/c1-4-7-10-13-16-19-22-25-28-31-34-35-36-37-38-39-42-44-47-50-53-56-59-62-65-68-74(77)80-71-72(81-75(78)69-66-63-60-57-54-51-48-45-41-33-30-27-24-21-18-15-12-9-6-3)70-79-73(76)67-64-61-58-55-52-49-46-43-40-32-29-26-23-20-17-14-11-8-5-2/h7-12,16-21,25-30,34-35,37-38,40-41,43,45,49,51-52,54,60,63,72H,4-6,13-15,22-24,31-33,36,39,42,44,46-48,50,53,55-59,61-62,64-71H2,1-3H3/b10-7-,11-8-,12-9-,19-16-,20-17-,21-18-,28-25-,29-26-,30-27-,35-34-,38-37-,43-40-,45-41-,52-49-,54-51-,63-60-. The fourth-order valence-electron chi connectivity index (χ4n) is 7.93. The smallest absolute Gasteiger partial charge is 0.306 e. The lowest BCUT2D eigenvalue weighted by atomic mass is 10.1. The Morgan fingerprint density at radius 1 is 0.247 bits per heavy atom. The van der Waals surface area contributed by atoms with E-state index in [-0.39, 0.29) is 31.6 Å². The third-order valence-electron chi connectivity index (χ3n) is 12.6. The first-order chi connectivity index (χ1) is 40.0. The molecule has 0 fully saturated rings. The molecule has 0 aromatic carbocycles. The Bertz CT molecular complexity index is 1950. The van der Waals surface area contributed by atoms with Crippen LogP contribution in [0.25, 0.3) is 0 Å². The molecule has 0 rings (SSSR count). The number of rotatable bonds is 55. The molecule has 1 atom stereocenters. The summed E-state index contributed by atoms with van der Waals surface area (Å²) in [6, 6.07) is 0. The van der Waals surface area contributed by atoms with Crippen LogP contribution >= 0.6 is 0 Å². The molecule has 450 valence electrons.